The molecule has 1 heterocycles. The Balaban J connectivity index is 1.32. The van der Waals surface area contributed by atoms with Gasteiger partial charge in [-0.25, -0.2) is 0 Å². The molecular weight excluding hydrogens is 437 g/mol. The first-order valence-electron chi connectivity index (χ1n) is 10.1. The third-order valence-electron chi connectivity index (χ3n) is 5.31. The normalized spacial score (nSPS) is 11.6. The number of rotatable bonds is 6. The molecule has 0 radical (unpaired) electrons. The van der Waals surface area contributed by atoms with Gasteiger partial charge >= 0.3 is 6.18 Å². The molecule has 7 heteroatoms. The number of hydrogen-bond donors (Lipinski definition) is 2. The third kappa shape index (κ3) is 5.14. The van der Waals surface area contributed by atoms with E-state index in [1.165, 1.54) is 12.1 Å². The Bertz CT molecular complexity index is 1230. The summed E-state index contributed by atoms with van der Waals surface area (Å²) in [6.07, 6.45) is -1.26. The van der Waals surface area contributed by atoms with E-state index in [0.29, 0.717) is 30.0 Å². The first-order valence-corrected chi connectivity index (χ1v) is 10.5. The molecule has 4 rings (SSSR count). The quantitative estimate of drug-likeness (QED) is 0.346. The van der Waals surface area contributed by atoms with Crippen LogP contribution >= 0.6 is 11.6 Å². The van der Waals surface area contributed by atoms with Gasteiger partial charge in [0.05, 0.1) is 5.56 Å². The van der Waals surface area contributed by atoms with Crippen LogP contribution in [0.3, 0.4) is 0 Å². The summed E-state index contributed by atoms with van der Waals surface area (Å²) in [7, 11) is 0. The molecule has 164 valence electrons. The number of amides is 1. The van der Waals surface area contributed by atoms with Crippen molar-refractivity contribution < 1.29 is 18.0 Å². The van der Waals surface area contributed by atoms with Crippen molar-refractivity contribution in [2.75, 3.05) is 6.54 Å². The highest BCUT2D eigenvalue weighted by Gasteiger charge is 2.29. The summed E-state index contributed by atoms with van der Waals surface area (Å²) in [4.78, 5) is 15.6. The van der Waals surface area contributed by atoms with Gasteiger partial charge in [0.25, 0.3) is 5.91 Å². The molecule has 0 bridgehead atoms. The number of H-pyrrole nitrogens is 1. The van der Waals surface area contributed by atoms with Crippen molar-refractivity contribution in [1.82, 2.24) is 10.3 Å². The lowest BCUT2D eigenvalue weighted by atomic mass is 10.0. The highest BCUT2D eigenvalue weighted by atomic mass is 35.5. The van der Waals surface area contributed by atoms with Gasteiger partial charge in [0.15, 0.2) is 0 Å². The van der Waals surface area contributed by atoms with Crippen LogP contribution in [0.5, 0.6) is 0 Å². The number of alkyl halides is 3. The van der Waals surface area contributed by atoms with Crippen molar-refractivity contribution in [3.8, 4) is 0 Å². The standard InChI is InChI=1S/C25H20ClF3N2O/c26-21-9-10-23-22(14-21)19(15-31-23)11-12-30-24(32)18-5-1-16(2-6-18)13-17-3-7-20(8-4-17)25(27,28)29/h1-10,14-15,31H,11-13H2,(H,30,32). The fourth-order valence-corrected chi connectivity index (χ4v) is 3.76. The molecule has 0 saturated heterocycles. The molecule has 1 aromatic heterocycles. The molecule has 0 aliphatic carbocycles. The Morgan fingerprint density at radius 2 is 1.59 bits per heavy atom. The van der Waals surface area contributed by atoms with Crippen molar-refractivity contribution in [2.45, 2.75) is 19.0 Å². The maximum absolute atomic E-state index is 12.7. The zero-order chi connectivity index (χ0) is 22.7. The van der Waals surface area contributed by atoms with Crippen LogP contribution in [0.4, 0.5) is 13.2 Å². The van der Waals surface area contributed by atoms with E-state index >= 15 is 0 Å². The molecule has 32 heavy (non-hydrogen) atoms. The minimum atomic E-state index is -4.34. The van der Waals surface area contributed by atoms with Crippen molar-refractivity contribution in [1.29, 1.82) is 0 Å². The number of hydrogen-bond acceptors (Lipinski definition) is 1. The number of carbonyl (C=O) groups is 1. The van der Waals surface area contributed by atoms with Crippen LogP contribution in [0.1, 0.15) is 32.6 Å². The number of halogens is 4. The van der Waals surface area contributed by atoms with Crippen molar-refractivity contribution in [3.05, 3.63) is 106 Å². The van der Waals surface area contributed by atoms with Gasteiger partial charge in [0.1, 0.15) is 0 Å². The summed E-state index contributed by atoms with van der Waals surface area (Å²) in [6.45, 7) is 0.478. The SMILES string of the molecule is O=C(NCCc1c[nH]c2ccc(Cl)cc12)c1ccc(Cc2ccc(C(F)(F)F)cc2)cc1. The lowest BCUT2D eigenvalue weighted by molar-refractivity contribution is -0.137. The van der Waals surface area contributed by atoms with E-state index in [1.807, 2.05) is 36.5 Å². The molecule has 0 unspecified atom stereocenters. The second-order valence-electron chi connectivity index (χ2n) is 7.58. The van der Waals surface area contributed by atoms with Gasteiger partial charge in [-0.15, -0.1) is 0 Å². The van der Waals surface area contributed by atoms with Crippen molar-refractivity contribution >= 4 is 28.4 Å². The highest BCUT2D eigenvalue weighted by molar-refractivity contribution is 6.31. The van der Waals surface area contributed by atoms with E-state index in [0.717, 1.165) is 39.7 Å². The summed E-state index contributed by atoms with van der Waals surface area (Å²) in [5, 5.41) is 4.62. The molecule has 4 aromatic rings. The minimum Gasteiger partial charge on any atom is -0.361 e. The van der Waals surface area contributed by atoms with E-state index in [4.69, 9.17) is 11.6 Å². The predicted molar refractivity (Wildman–Crippen MR) is 120 cm³/mol. The van der Waals surface area contributed by atoms with E-state index < -0.39 is 11.7 Å². The summed E-state index contributed by atoms with van der Waals surface area (Å²) < 4.78 is 38.0. The zero-order valence-corrected chi connectivity index (χ0v) is 17.7. The molecule has 0 fully saturated rings. The summed E-state index contributed by atoms with van der Waals surface area (Å²) >= 11 is 6.07. The van der Waals surface area contributed by atoms with E-state index in [1.54, 1.807) is 12.1 Å². The van der Waals surface area contributed by atoms with Crippen LogP contribution < -0.4 is 5.32 Å². The second-order valence-corrected chi connectivity index (χ2v) is 8.01. The maximum Gasteiger partial charge on any atom is 0.416 e. The van der Waals surface area contributed by atoms with Gasteiger partial charge in [-0.1, -0.05) is 35.9 Å². The van der Waals surface area contributed by atoms with Crippen molar-refractivity contribution in [3.63, 3.8) is 0 Å². The molecule has 0 atom stereocenters. The third-order valence-corrected chi connectivity index (χ3v) is 5.55. The number of aromatic nitrogens is 1. The van der Waals surface area contributed by atoms with Gasteiger partial charge in [-0.05, 0) is 72.0 Å². The number of fused-ring (bicyclic) bond motifs is 1. The predicted octanol–water partition coefficient (Wildman–Crippen LogP) is 6.40. The topological polar surface area (TPSA) is 44.9 Å². The number of carbonyl (C=O) groups excluding carboxylic acids is 1. The summed E-state index contributed by atoms with van der Waals surface area (Å²) in [6, 6.07) is 17.8. The Morgan fingerprint density at radius 3 is 2.25 bits per heavy atom. The molecule has 0 aliphatic heterocycles. The van der Waals surface area contributed by atoms with E-state index in [9.17, 15) is 18.0 Å². The highest BCUT2D eigenvalue weighted by Crippen LogP contribution is 2.29. The number of aromatic amines is 1. The van der Waals surface area contributed by atoms with Gasteiger partial charge in [-0.3, -0.25) is 4.79 Å². The Kier molecular flexibility index (Phi) is 6.24. The average Bonchev–Trinajstić information content (AvgIpc) is 3.16. The largest absolute Gasteiger partial charge is 0.416 e. The first kappa shape index (κ1) is 22.0. The van der Waals surface area contributed by atoms with Gasteiger partial charge in [0, 0.05) is 34.2 Å². The number of nitrogens with one attached hydrogen (secondary N) is 2. The van der Waals surface area contributed by atoms with Crippen molar-refractivity contribution in [2.24, 2.45) is 0 Å². The summed E-state index contributed by atoms with van der Waals surface area (Å²) in [5.74, 6) is -0.177. The van der Waals surface area contributed by atoms with Crippen LogP contribution in [-0.4, -0.2) is 17.4 Å². The fourth-order valence-electron chi connectivity index (χ4n) is 3.59. The van der Waals surface area contributed by atoms with Gasteiger partial charge in [-0.2, -0.15) is 13.2 Å². The smallest absolute Gasteiger partial charge is 0.361 e. The van der Waals surface area contributed by atoms with Gasteiger partial charge < -0.3 is 10.3 Å². The molecule has 3 nitrogen and oxygen atoms in total. The number of benzene rings is 3. The van der Waals surface area contributed by atoms with Gasteiger partial charge in [0.2, 0.25) is 0 Å². The average molecular weight is 457 g/mol. The van der Waals surface area contributed by atoms with Crippen LogP contribution in [-0.2, 0) is 19.0 Å². The molecule has 0 spiro atoms. The first-order chi connectivity index (χ1) is 15.3. The molecule has 0 saturated carbocycles. The van der Waals surface area contributed by atoms with Crippen LogP contribution in [0, 0.1) is 0 Å². The van der Waals surface area contributed by atoms with E-state index in [2.05, 4.69) is 10.3 Å². The van der Waals surface area contributed by atoms with Crippen LogP contribution in [0.15, 0.2) is 72.9 Å². The van der Waals surface area contributed by atoms with Crippen LogP contribution in [0.2, 0.25) is 5.02 Å². The Labute approximate surface area is 188 Å². The minimum absolute atomic E-state index is 0.177. The molecule has 1 amide bonds. The summed E-state index contributed by atoms with van der Waals surface area (Å²) in [5.41, 5.74) is 3.63. The second kappa shape index (κ2) is 9.09. The Morgan fingerprint density at radius 1 is 0.938 bits per heavy atom. The maximum atomic E-state index is 12.7. The van der Waals surface area contributed by atoms with E-state index in [-0.39, 0.29) is 5.91 Å². The molecule has 2 N–H and O–H groups in total. The Hall–Kier alpha value is -3.25. The lowest BCUT2D eigenvalue weighted by Crippen LogP contribution is -2.25. The van der Waals surface area contributed by atoms with Crippen LogP contribution in [0.25, 0.3) is 10.9 Å². The zero-order valence-electron chi connectivity index (χ0n) is 17.0. The molecule has 0 aliphatic rings. The monoisotopic (exact) mass is 456 g/mol. The molecular formula is C25H20ClF3N2O. The fraction of sp³-hybridized carbons (Fsp3) is 0.160. The molecule has 3 aromatic carbocycles. The lowest BCUT2D eigenvalue weighted by Gasteiger charge is -2.08.